The Balaban J connectivity index is 1.41. The lowest BCUT2D eigenvalue weighted by atomic mass is 9.89. The molecule has 0 amide bonds. The Kier molecular flexibility index (Phi) is 5.60. The first-order chi connectivity index (χ1) is 13.7. The monoisotopic (exact) mass is 369 g/mol. The van der Waals surface area contributed by atoms with E-state index in [2.05, 4.69) is 66.1 Å². The van der Waals surface area contributed by atoms with Gasteiger partial charge in [-0.15, -0.1) is 0 Å². The first kappa shape index (κ1) is 18.5. The van der Waals surface area contributed by atoms with Crippen molar-refractivity contribution in [1.82, 2.24) is 5.32 Å². The fourth-order valence-corrected chi connectivity index (χ4v) is 4.42. The number of nitrogens with one attached hydrogen (secondary N) is 2. The minimum absolute atomic E-state index is 0.324. The third-order valence-electron chi connectivity index (χ3n) is 5.83. The Morgan fingerprint density at radius 1 is 0.929 bits per heavy atom. The lowest BCUT2D eigenvalue weighted by molar-refractivity contribution is 0.329. The zero-order chi connectivity index (χ0) is 19.3. The molecule has 1 fully saturated rings. The van der Waals surface area contributed by atoms with E-state index in [9.17, 15) is 0 Å². The number of nitriles is 1. The maximum Gasteiger partial charge on any atom is 0.0991 e. The van der Waals surface area contributed by atoms with Crippen LogP contribution in [0.1, 0.15) is 49.8 Å². The molecule has 28 heavy (non-hydrogen) atoms. The van der Waals surface area contributed by atoms with Crippen molar-refractivity contribution in [3.63, 3.8) is 0 Å². The van der Waals surface area contributed by atoms with E-state index in [1.807, 2.05) is 24.3 Å². The summed E-state index contributed by atoms with van der Waals surface area (Å²) in [6.45, 7) is 2.28. The van der Waals surface area contributed by atoms with Gasteiger partial charge in [0.25, 0.3) is 0 Å². The van der Waals surface area contributed by atoms with Gasteiger partial charge in [0.1, 0.15) is 0 Å². The quantitative estimate of drug-likeness (QED) is 0.599. The van der Waals surface area contributed by atoms with Crippen LogP contribution in [-0.2, 0) is 0 Å². The molecule has 1 saturated carbocycles. The number of fused-ring (bicyclic) bond motifs is 1. The Hall–Kier alpha value is -2.83. The van der Waals surface area contributed by atoms with Crippen LogP contribution in [0.2, 0.25) is 0 Å². The van der Waals surface area contributed by atoms with E-state index in [-0.39, 0.29) is 0 Å². The predicted molar refractivity (Wildman–Crippen MR) is 116 cm³/mol. The van der Waals surface area contributed by atoms with Gasteiger partial charge in [-0.25, -0.2) is 0 Å². The van der Waals surface area contributed by atoms with Crippen molar-refractivity contribution in [3.8, 4) is 6.07 Å². The Morgan fingerprint density at radius 3 is 2.50 bits per heavy atom. The second kappa shape index (κ2) is 8.46. The normalized spacial score (nSPS) is 20.4. The molecule has 0 radical (unpaired) electrons. The van der Waals surface area contributed by atoms with Crippen molar-refractivity contribution in [1.29, 1.82) is 5.26 Å². The Morgan fingerprint density at radius 2 is 1.68 bits per heavy atom. The molecule has 3 aromatic rings. The second-order valence-electron chi connectivity index (χ2n) is 7.85. The molecule has 4 rings (SSSR count). The van der Waals surface area contributed by atoms with Crippen molar-refractivity contribution in [2.75, 3.05) is 5.32 Å². The highest BCUT2D eigenvalue weighted by atomic mass is 15.0. The van der Waals surface area contributed by atoms with Gasteiger partial charge in [-0.05, 0) is 73.2 Å². The molecule has 2 unspecified atom stereocenters. The van der Waals surface area contributed by atoms with Crippen LogP contribution < -0.4 is 10.6 Å². The molecule has 2 N–H and O–H groups in total. The highest BCUT2D eigenvalue weighted by molar-refractivity contribution is 5.86. The van der Waals surface area contributed by atoms with Crippen molar-refractivity contribution >= 4 is 16.5 Å². The minimum atomic E-state index is 0.324. The maximum atomic E-state index is 8.95. The zero-order valence-corrected chi connectivity index (χ0v) is 16.4. The lowest BCUT2D eigenvalue weighted by Gasteiger charge is -2.33. The molecule has 0 aromatic heterocycles. The molecule has 1 aliphatic carbocycles. The molecule has 3 aromatic carbocycles. The van der Waals surface area contributed by atoms with E-state index in [0.29, 0.717) is 23.7 Å². The topological polar surface area (TPSA) is 47.8 Å². The standard InChI is InChI=1S/C25H27N3/c1-18(24-11-4-7-20-6-2-3-10-25(20)24)27-22-8-5-9-23(16-22)28-21-14-12-19(17-26)13-15-21/h2-4,6-7,10-15,18,22-23,27-28H,5,8-9,16H2,1H3/t18-,22?,23?/m1/s1. The summed E-state index contributed by atoms with van der Waals surface area (Å²) < 4.78 is 0. The summed E-state index contributed by atoms with van der Waals surface area (Å²) in [6, 6.07) is 26.5. The van der Waals surface area contributed by atoms with Crippen molar-refractivity contribution in [2.45, 2.75) is 50.7 Å². The van der Waals surface area contributed by atoms with Crippen LogP contribution in [0.3, 0.4) is 0 Å². The number of rotatable bonds is 5. The molecule has 0 bridgehead atoms. The smallest absolute Gasteiger partial charge is 0.0991 e. The Bertz CT molecular complexity index is 966. The van der Waals surface area contributed by atoms with E-state index < -0.39 is 0 Å². The molecular formula is C25H27N3. The molecule has 0 saturated heterocycles. The largest absolute Gasteiger partial charge is 0.382 e. The summed E-state index contributed by atoms with van der Waals surface area (Å²) in [7, 11) is 0. The van der Waals surface area contributed by atoms with Crippen LogP contribution in [0.5, 0.6) is 0 Å². The third kappa shape index (κ3) is 4.18. The van der Waals surface area contributed by atoms with Crippen LogP contribution in [0.4, 0.5) is 5.69 Å². The van der Waals surface area contributed by atoms with Crippen molar-refractivity contribution in [2.24, 2.45) is 0 Å². The van der Waals surface area contributed by atoms with E-state index in [1.54, 1.807) is 0 Å². The van der Waals surface area contributed by atoms with Gasteiger partial charge in [0, 0.05) is 23.8 Å². The Labute approximate surface area is 167 Å². The van der Waals surface area contributed by atoms with Gasteiger partial charge in [0.2, 0.25) is 0 Å². The lowest BCUT2D eigenvalue weighted by Crippen LogP contribution is -2.40. The zero-order valence-electron chi connectivity index (χ0n) is 16.4. The van der Waals surface area contributed by atoms with Crippen LogP contribution in [0.15, 0.2) is 66.7 Å². The fraction of sp³-hybridized carbons (Fsp3) is 0.320. The summed E-state index contributed by atoms with van der Waals surface area (Å²) in [4.78, 5) is 0. The average Bonchev–Trinajstić information content (AvgIpc) is 2.74. The predicted octanol–water partition coefficient (Wildman–Crippen LogP) is 5.79. The van der Waals surface area contributed by atoms with E-state index in [0.717, 1.165) is 12.1 Å². The van der Waals surface area contributed by atoms with Crippen LogP contribution >= 0.6 is 0 Å². The molecule has 3 heteroatoms. The molecule has 142 valence electrons. The van der Waals surface area contributed by atoms with Gasteiger partial charge in [0.05, 0.1) is 11.6 Å². The number of benzene rings is 3. The van der Waals surface area contributed by atoms with Crippen molar-refractivity contribution < 1.29 is 0 Å². The van der Waals surface area contributed by atoms with Crippen LogP contribution in [0.25, 0.3) is 10.8 Å². The van der Waals surface area contributed by atoms with Gasteiger partial charge in [-0.2, -0.15) is 5.26 Å². The molecule has 3 atom stereocenters. The summed E-state index contributed by atoms with van der Waals surface area (Å²) in [5, 5.41) is 19.1. The minimum Gasteiger partial charge on any atom is -0.382 e. The first-order valence-corrected chi connectivity index (χ1v) is 10.2. The maximum absolute atomic E-state index is 8.95. The number of hydrogen-bond acceptors (Lipinski definition) is 3. The molecule has 1 aliphatic rings. The summed E-state index contributed by atoms with van der Waals surface area (Å²) in [5.74, 6) is 0. The SMILES string of the molecule is C[C@@H](NC1CCCC(Nc2ccc(C#N)cc2)C1)c1cccc2ccccc12. The van der Waals surface area contributed by atoms with Gasteiger partial charge in [0.15, 0.2) is 0 Å². The molecule has 0 spiro atoms. The van der Waals surface area contributed by atoms with Gasteiger partial charge in [-0.1, -0.05) is 42.5 Å². The average molecular weight is 370 g/mol. The first-order valence-electron chi connectivity index (χ1n) is 10.2. The molecule has 0 heterocycles. The van der Waals surface area contributed by atoms with Gasteiger partial charge in [-0.3, -0.25) is 0 Å². The fourth-order valence-electron chi connectivity index (χ4n) is 4.42. The molecule has 0 aliphatic heterocycles. The third-order valence-corrected chi connectivity index (χ3v) is 5.83. The van der Waals surface area contributed by atoms with Gasteiger partial charge < -0.3 is 10.6 Å². The highest BCUT2D eigenvalue weighted by Crippen LogP contribution is 2.28. The summed E-state index contributed by atoms with van der Waals surface area (Å²) in [6.07, 6.45) is 4.77. The molecule has 3 nitrogen and oxygen atoms in total. The number of hydrogen-bond donors (Lipinski definition) is 2. The van der Waals surface area contributed by atoms with E-state index >= 15 is 0 Å². The highest BCUT2D eigenvalue weighted by Gasteiger charge is 2.23. The van der Waals surface area contributed by atoms with E-state index in [1.165, 1.54) is 35.6 Å². The summed E-state index contributed by atoms with van der Waals surface area (Å²) >= 11 is 0. The number of anilines is 1. The molecular weight excluding hydrogens is 342 g/mol. The van der Waals surface area contributed by atoms with E-state index in [4.69, 9.17) is 5.26 Å². The second-order valence-corrected chi connectivity index (χ2v) is 7.85. The summed E-state index contributed by atoms with van der Waals surface area (Å²) in [5.41, 5.74) is 3.18. The van der Waals surface area contributed by atoms with Crippen LogP contribution in [0, 0.1) is 11.3 Å². The van der Waals surface area contributed by atoms with Crippen molar-refractivity contribution in [3.05, 3.63) is 77.9 Å². The van der Waals surface area contributed by atoms with Crippen LogP contribution in [-0.4, -0.2) is 12.1 Å². The van der Waals surface area contributed by atoms with Gasteiger partial charge >= 0.3 is 0 Å². The number of nitrogens with zero attached hydrogens (tertiary/aromatic N) is 1.